The normalized spacial score (nSPS) is 12.5. The van der Waals surface area contributed by atoms with Gasteiger partial charge in [-0.3, -0.25) is 0 Å². The Morgan fingerprint density at radius 2 is 1.93 bits per heavy atom. The molecule has 0 fully saturated rings. The number of terminal acetylenes is 1. The average Bonchev–Trinajstić information content (AvgIpc) is 2.09. The van der Waals surface area contributed by atoms with Gasteiger partial charge in [0, 0.05) is 6.61 Å². The number of hydrogen-bond acceptors (Lipinski definition) is 2. The molecule has 0 aromatic heterocycles. The highest BCUT2D eigenvalue weighted by atomic mass is 32.2. The molecule has 3 heteroatoms. The van der Waals surface area contributed by atoms with Crippen molar-refractivity contribution in [2.45, 2.75) is 45.3 Å². The summed E-state index contributed by atoms with van der Waals surface area (Å²) >= 11 is 1.81. The van der Waals surface area contributed by atoms with Gasteiger partial charge in [0.1, 0.15) is 0 Å². The van der Waals surface area contributed by atoms with Gasteiger partial charge >= 0.3 is 0 Å². The van der Waals surface area contributed by atoms with Gasteiger partial charge in [-0.2, -0.15) is 0 Å². The molecule has 88 valence electrons. The summed E-state index contributed by atoms with van der Waals surface area (Å²) in [7, 11) is -1.52. The second-order valence-corrected chi connectivity index (χ2v) is 11.1. The quantitative estimate of drug-likeness (QED) is 0.400. The molecule has 0 aliphatic rings. The van der Waals surface area contributed by atoms with E-state index in [1.807, 2.05) is 11.8 Å². The summed E-state index contributed by atoms with van der Waals surface area (Å²) in [5.41, 5.74) is 0. The van der Waals surface area contributed by atoms with Crippen molar-refractivity contribution in [2.24, 2.45) is 0 Å². The number of rotatable bonds is 6. The largest absolute Gasteiger partial charge is 0.417 e. The molecule has 0 saturated heterocycles. The van der Waals surface area contributed by atoms with Crippen LogP contribution in [0.1, 0.15) is 27.2 Å². The molecule has 0 unspecified atom stereocenters. The summed E-state index contributed by atoms with van der Waals surface area (Å²) in [5, 5.41) is 0.318. The fourth-order valence-electron chi connectivity index (χ4n) is 0.836. The van der Waals surface area contributed by atoms with Gasteiger partial charge in [-0.05, 0) is 30.3 Å². The predicted molar refractivity (Wildman–Crippen MR) is 73.9 cm³/mol. The van der Waals surface area contributed by atoms with Crippen molar-refractivity contribution in [3.8, 4) is 12.3 Å². The SMILES string of the molecule is C#CCSCCCO[Si](C)(C)C(C)(C)C. The monoisotopic (exact) mass is 244 g/mol. The van der Waals surface area contributed by atoms with E-state index in [2.05, 4.69) is 39.8 Å². The third-order valence-corrected chi connectivity index (χ3v) is 8.37. The summed E-state index contributed by atoms with van der Waals surface area (Å²) in [6, 6.07) is 0. The molecular formula is C12H24OSSi. The minimum atomic E-state index is -1.52. The smallest absolute Gasteiger partial charge is 0.191 e. The van der Waals surface area contributed by atoms with Crippen LogP contribution in [0.25, 0.3) is 0 Å². The Bertz CT molecular complexity index is 213. The fraction of sp³-hybridized carbons (Fsp3) is 0.833. The van der Waals surface area contributed by atoms with Crippen LogP contribution in [-0.2, 0) is 4.43 Å². The van der Waals surface area contributed by atoms with E-state index in [-0.39, 0.29) is 0 Å². The lowest BCUT2D eigenvalue weighted by Crippen LogP contribution is -2.41. The van der Waals surface area contributed by atoms with Crippen LogP contribution in [0.4, 0.5) is 0 Å². The molecule has 0 heterocycles. The van der Waals surface area contributed by atoms with Crippen LogP contribution >= 0.6 is 11.8 Å². The van der Waals surface area contributed by atoms with Crippen molar-refractivity contribution >= 4 is 20.1 Å². The van der Waals surface area contributed by atoms with Crippen molar-refractivity contribution in [1.29, 1.82) is 0 Å². The minimum absolute atomic E-state index is 0.318. The van der Waals surface area contributed by atoms with E-state index in [0.717, 1.165) is 24.5 Å². The third-order valence-electron chi connectivity index (χ3n) is 2.89. The first kappa shape index (κ1) is 15.1. The van der Waals surface area contributed by atoms with Crippen molar-refractivity contribution in [3.05, 3.63) is 0 Å². The maximum Gasteiger partial charge on any atom is 0.191 e. The Labute approximate surface area is 100 Å². The van der Waals surface area contributed by atoms with Gasteiger partial charge in [0.25, 0.3) is 0 Å². The van der Waals surface area contributed by atoms with E-state index < -0.39 is 8.32 Å². The predicted octanol–water partition coefficient (Wildman–Crippen LogP) is 3.76. The fourth-order valence-corrected chi connectivity index (χ4v) is 2.51. The van der Waals surface area contributed by atoms with Gasteiger partial charge < -0.3 is 4.43 Å². The lowest BCUT2D eigenvalue weighted by Gasteiger charge is -2.36. The molecule has 0 bridgehead atoms. The second kappa shape index (κ2) is 6.62. The third kappa shape index (κ3) is 6.29. The summed E-state index contributed by atoms with van der Waals surface area (Å²) in [6.45, 7) is 12.3. The van der Waals surface area contributed by atoms with Crippen LogP contribution in [-0.4, -0.2) is 26.4 Å². The highest BCUT2D eigenvalue weighted by Gasteiger charge is 2.36. The lowest BCUT2D eigenvalue weighted by atomic mass is 10.2. The maximum absolute atomic E-state index is 6.05. The van der Waals surface area contributed by atoms with Gasteiger partial charge in [0.2, 0.25) is 0 Å². The Balaban J connectivity index is 3.64. The second-order valence-electron chi connectivity index (χ2n) is 5.22. The van der Waals surface area contributed by atoms with Crippen LogP contribution in [0.15, 0.2) is 0 Å². The zero-order valence-electron chi connectivity index (χ0n) is 10.7. The van der Waals surface area contributed by atoms with Crippen LogP contribution in [0.5, 0.6) is 0 Å². The van der Waals surface area contributed by atoms with E-state index in [1.165, 1.54) is 0 Å². The zero-order valence-corrected chi connectivity index (χ0v) is 12.5. The first-order valence-corrected chi connectivity index (χ1v) is 9.53. The van der Waals surface area contributed by atoms with Gasteiger partial charge in [-0.15, -0.1) is 18.2 Å². The first-order valence-electron chi connectivity index (χ1n) is 5.46. The van der Waals surface area contributed by atoms with Crippen LogP contribution in [0, 0.1) is 12.3 Å². The first-order chi connectivity index (χ1) is 6.81. The van der Waals surface area contributed by atoms with Crippen molar-refractivity contribution in [1.82, 2.24) is 0 Å². The Morgan fingerprint density at radius 3 is 2.40 bits per heavy atom. The van der Waals surface area contributed by atoms with E-state index in [0.29, 0.717) is 5.04 Å². The topological polar surface area (TPSA) is 9.23 Å². The number of hydrogen-bond donors (Lipinski definition) is 0. The average molecular weight is 244 g/mol. The van der Waals surface area contributed by atoms with Crippen LogP contribution in [0.2, 0.25) is 18.1 Å². The standard InChI is InChI=1S/C12H24OSSi/c1-7-10-14-11-8-9-13-15(5,6)12(2,3)4/h1H,8-11H2,2-6H3. The van der Waals surface area contributed by atoms with Crippen molar-refractivity contribution in [2.75, 3.05) is 18.1 Å². The Morgan fingerprint density at radius 1 is 1.33 bits per heavy atom. The van der Waals surface area contributed by atoms with Crippen molar-refractivity contribution < 1.29 is 4.43 Å². The van der Waals surface area contributed by atoms with Crippen LogP contribution in [0.3, 0.4) is 0 Å². The molecule has 0 radical (unpaired) electrons. The summed E-state index contributed by atoms with van der Waals surface area (Å²) in [4.78, 5) is 0. The van der Waals surface area contributed by atoms with E-state index >= 15 is 0 Å². The molecule has 15 heavy (non-hydrogen) atoms. The molecule has 0 atom stereocenters. The zero-order chi connectivity index (χ0) is 11.9. The van der Waals surface area contributed by atoms with Gasteiger partial charge in [-0.25, -0.2) is 0 Å². The van der Waals surface area contributed by atoms with Gasteiger partial charge in [0.05, 0.1) is 5.75 Å². The molecule has 0 aliphatic carbocycles. The molecule has 0 rings (SSSR count). The maximum atomic E-state index is 6.05. The molecule has 0 saturated carbocycles. The molecule has 0 aliphatic heterocycles. The molecule has 0 N–H and O–H groups in total. The highest BCUT2D eigenvalue weighted by Crippen LogP contribution is 2.36. The highest BCUT2D eigenvalue weighted by molar-refractivity contribution is 7.99. The summed E-state index contributed by atoms with van der Waals surface area (Å²) in [6.07, 6.45) is 6.28. The molecule has 0 spiro atoms. The van der Waals surface area contributed by atoms with E-state index in [9.17, 15) is 0 Å². The van der Waals surface area contributed by atoms with Gasteiger partial charge in [0.15, 0.2) is 8.32 Å². The summed E-state index contributed by atoms with van der Waals surface area (Å²) in [5.74, 6) is 4.56. The number of thioether (sulfide) groups is 1. The molecule has 0 aromatic carbocycles. The van der Waals surface area contributed by atoms with Crippen molar-refractivity contribution in [3.63, 3.8) is 0 Å². The Kier molecular flexibility index (Phi) is 6.66. The van der Waals surface area contributed by atoms with E-state index in [1.54, 1.807) is 0 Å². The van der Waals surface area contributed by atoms with Gasteiger partial charge in [-0.1, -0.05) is 26.7 Å². The molecular weight excluding hydrogens is 220 g/mol. The molecule has 0 aromatic rings. The summed E-state index contributed by atoms with van der Waals surface area (Å²) < 4.78 is 6.05. The van der Waals surface area contributed by atoms with E-state index in [4.69, 9.17) is 10.8 Å². The minimum Gasteiger partial charge on any atom is -0.417 e. The lowest BCUT2D eigenvalue weighted by molar-refractivity contribution is 0.289. The van der Waals surface area contributed by atoms with Crippen LogP contribution < -0.4 is 0 Å². The molecule has 1 nitrogen and oxygen atoms in total. The Hall–Kier alpha value is 0.0869. The molecule has 0 amide bonds.